The highest BCUT2D eigenvalue weighted by atomic mass is 32.2. The molecule has 0 bridgehead atoms. The summed E-state index contributed by atoms with van der Waals surface area (Å²) in [5.41, 5.74) is 0. The van der Waals surface area contributed by atoms with Crippen LogP contribution in [0.2, 0.25) is 0 Å². The molecule has 0 saturated heterocycles. The van der Waals surface area contributed by atoms with E-state index in [9.17, 15) is 14.4 Å². The molecule has 2 N–H and O–H groups in total. The van der Waals surface area contributed by atoms with Crippen molar-refractivity contribution in [2.45, 2.75) is 20.3 Å². The van der Waals surface area contributed by atoms with Gasteiger partial charge in [0.25, 0.3) is 0 Å². The second kappa shape index (κ2) is 9.21. The van der Waals surface area contributed by atoms with Gasteiger partial charge in [-0.1, -0.05) is 25.6 Å². The summed E-state index contributed by atoms with van der Waals surface area (Å²) < 4.78 is 0. The van der Waals surface area contributed by atoms with Crippen LogP contribution in [0.4, 0.5) is 0 Å². The summed E-state index contributed by atoms with van der Waals surface area (Å²) in [6.07, 6.45) is 0.825. The predicted molar refractivity (Wildman–Crippen MR) is 64.0 cm³/mol. The molecule has 2 amide bonds. The summed E-state index contributed by atoms with van der Waals surface area (Å²) in [4.78, 5) is 32.2. The van der Waals surface area contributed by atoms with Crippen molar-refractivity contribution >= 4 is 29.2 Å². The SMILES string of the molecule is CC(C)C(=O)SCCNC(=O)CCNC=O. The minimum atomic E-state index is -0.119. The second-order valence-electron chi connectivity index (χ2n) is 3.49. The van der Waals surface area contributed by atoms with Gasteiger partial charge in [0, 0.05) is 31.2 Å². The van der Waals surface area contributed by atoms with Crippen molar-refractivity contribution in [2.24, 2.45) is 5.92 Å². The third-order valence-corrected chi connectivity index (χ3v) is 2.88. The quantitative estimate of drug-likeness (QED) is 0.472. The molecular weight excluding hydrogens is 228 g/mol. The number of rotatable bonds is 8. The van der Waals surface area contributed by atoms with E-state index in [0.717, 1.165) is 0 Å². The molecule has 16 heavy (non-hydrogen) atoms. The Bertz CT molecular complexity index is 244. The maximum atomic E-state index is 11.2. The number of carbonyl (C=O) groups excluding carboxylic acids is 3. The predicted octanol–water partition coefficient (Wildman–Crippen LogP) is 0.154. The van der Waals surface area contributed by atoms with Gasteiger partial charge in [-0.3, -0.25) is 14.4 Å². The number of hydrogen-bond donors (Lipinski definition) is 2. The molecule has 0 aromatic rings. The fourth-order valence-electron chi connectivity index (χ4n) is 0.842. The van der Waals surface area contributed by atoms with Crippen LogP contribution in [0, 0.1) is 5.92 Å². The molecule has 92 valence electrons. The Morgan fingerprint density at radius 3 is 2.56 bits per heavy atom. The van der Waals surface area contributed by atoms with Crippen LogP contribution in [0.15, 0.2) is 0 Å². The molecule has 0 aliphatic heterocycles. The van der Waals surface area contributed by atoms with Crippen LogP contribution in [-0.4, -0.2) is 36.3 Å². The average Bonchev–Trinajstić information content (AvgIpc) is 2.24. The van der Waals surface area contributed by atoms with Crippen LogP contribution in [-0.2, 0) is 14.4 Å². The molecule has 0 saturated carbocycles. The van der Waals surface area contributed by atoms with Crippen LogP contribution >= 0.6 is 11.8 Å². The van der Waals surface area contributed by atoms with E-state index >= 15 is 0 Å². The topological polar surface area (TPSA) is 75.3 Å². The summed E-state index contributed by atoms with van der Waals surface area (Å²) in [6, 6.07) is 0. The smallest absolute Gasteiger partial charge is 0.221 e. The Morgan fingerprint density at radius 1 is 1.31 bits per heavy atom. The molecule has 0 atom stereocenters. The Kier molecular flexibility index (Phi) is 8.61. The summed E-state index contributed by atoms with van der Waals surface area (Å²) in [5.74, 6) is 0.494. The van der Waals surface area contributed by atoms with E-state index in [1.54, 1.807) is 0 Å². The molecule has 0 aromatic heterocycles. The Morgan fingerprint density at radius 2 is 2.00 bits per heavy atom. The van der Waals surface area contributed by atoms with E-state index < -0.39 is 0 Å². The highest BCUT2D eigenvalue weighted by molar-refractivity contribution is 8.13. The van der Waals surface area contributed by atoms with Gasteiger partial charge < -0.3 is 10.6 Å². The summed E-state index contributed by atoms with van der Waals surface area (Å²) >= 11 is 1.23. The van der Waals surface area contributed by atoms with Gasteiger partial charge >= 0.3 is 0 Å². The van der Waals surface area contributed by atoms with Gasteiger partial charge in [0.15, 0.2) is 5.12 Å². The molecule has 0 radical (unpaired) electrons. The van der Waals surface area contributed by atoms with Crippen LogP contribution in [0.5, 0.6) is 0 Å². The minimum Gasteiger partial charge on any atom is -0.358 e. The lowest BCUT2D eigenvalue weighted by Crippen LogP contribution is -2.29. The van der Waals surface area contributed by atoms with E-state index in [1.165, 1.54) is 11.8 Å². The van der Waals surface area contributed by atoms with Crippen molar-refractivity contribution < 1.29 is 14.4 Å². The average molecular weight is 246 g/mol. The summed E-state index contributed by atoms with van der Waals surface area (Å²) in [5, 5.41) is 5.21. The molecule has 0 heterocycles. The van der Waals surface area contributed by atoms with Crippen molar-refractivity contribution in [3.63, 3.8) is 0 Å². The maximum Gasteiger partial charge on any atom is 0.221 e. The van der Waals surface area contributed by atoms with Gasteiger partial charge in [0.2, 0.25) is 12.3 Å². The first kappa shape index (κ1) is 15.0. The maximum absolute atomic E-state index is 11.2. The zero-order chi connectivity index (χ0) is 12.4. The fraction of sp³-hybridized carbons (Fsp3) is 0.700. The highest BCUT2D eigenvalue weighted by Gasteiger charge is 2.07. The van der Waals surface area contributed by atoms with E-state index in [-0.39, 0.29) is 23.4 Å². The van der Waals surface area contributed by atoms with Crippen LogP contribution < -0.4 is 10.6 Å². The molecule has 5 nitrogen and oxygen atoms in total. The molecule has 0 fully saturated rings. The van der Waals surface area contributed by atoms with Crippen molar-refractivity contribution in [2.75, 3.05) is 18.8 Å². The van der Waals surface area contributed by atoms with Crippen molar-refractivity contribution in [3.05, 3.63) is 0 Å². The molecule has 0 aliphatic carbocycles. The molecule has 6 heteroatoms. The van der Waals surface area contributed by atoms with Gasteiger partial charge in [-0.15, -0.1) is 0 Å². The largest absolute Gasteiger partial charge is 0.358 e. The van der Waals surface area contributed by atoms with E-state index in [4.69, 9.17) is 0 Å². The first-order valence-corrected chi connectivity index (χ1v) is 6.17. The van der Waals surface area contributed by atoms with Crippen LogP contribution in [0.3, 0.4) is 0 Å². The van der Waals surface area contributed by atoms with E-state index in [0.29, 0.717) is 25.3 Å². The van der Waals surface area contributed by atoms with Gasteiger partial charge in [0.05, 0.1) is 0 Å². The monoisotopic (exact) mass is 246 g/mol. The third-order valence-electron chi connectivity index (χ3n) is 1.72. The zero-order valence-corrected chi connectivity index (χ0v) is 10.4. The standard InChI is InChI=1S/C10H18N2O3S/c1-8(2)10(15)16-6-5-12-9(14)3-4-11-7-13/h7-8H,3-6H2,1-2H3,(H,11,13)(H,12,14). The van der Waals surface area contributed by atoms with Gasteiger partial charge in [-0.2, -0.15) is 0 Å². The Balaban J connectivity index is 3.40. The molecule has 0 spiro atoms. The number of amides is 2. The van der Waals surface area contributed by atoms with Crippen molar-refractivity contribution in [1.82, 2.24) is 10.6 Å². The molecular formula is C10H18N2O3S. The van der Waals surface area contributed by atoms with E-state index in [2.05, 4.69) is 10.6 Å². The number of thioether (sulfide) groups is 1. The van der Waals surface area contributed by atoms with Crippen LogP contribution in [0.1, 0.15) is 20.3 Å². The molecule has 0 rings (SSSR count). The first-order chi connectivity index (χ1) is 7.57. The lowest BCUT2D eigenvalue weighted by molar-refractivity contribution is -0.121. The lowest BCUT2D eigenvalue weighted by atomic mass is 10.3. The molecule has 0 aliphatic rings. The Labute approximate surface area is 99.7 Å². The van der Waals surface area contributed by atoms with Crippen LogP contribution in [0.25, 0.3) is 0 Å². The third kappa shape index (κ3) is 8.28. The van der Waals surface area contributed by atoms with E-state index in [1.807, 2.05) is 13.8 Å². The Hall–Kier alpha value is -1.04. The summed E-state index contributed by atoms with van der Waals surface area (Å²) in [7, 11) is 0. The lowest BCUT2D eigenvalue weighted by Gasteiger charge is -2.05. The van der Waals surface area contributed by atoms with Gasteiger partial charge in [0.1, 0.15) is 0 Å². The molecule has 0 aromatic carbocycles. The fourth-order valence-corrected chi connectivity index (χ4v) is 1.58. The highest BCUT2D eigenvalue weighted by Crippen LogP contribution is 2.08. The minimum absolute atomic E-state index is 0.0255. The zero-order valence-electron chi connectivity index (χ0n) is 9.62. The summed E-state index contributed by atoms with van der Waals surface area (Å²) in [6.45, 7) is 4.51. The number of carbonyl (C=O) groups is 3. The number of hydrogen-bond acceptors (Lipinski definition) is 4. The molecule has 0 unspecified atom stereocenters. The first-order valence-electron chi connectivity index (χ1n) is 5.18. The van der Waals surface area contributed by atoms with Crippen molar-refractivity contribution in [1.29, 1.82) is 0 Å². The van der Waals surface area contributed by atoms with Gasteiger partial charge in [-0.25, -0.2) is 0 Å². The second-order valence-corrected chi connectivity index (χ2v) is 4.59. The number of nitrogens with one attached hydrogen (secondary N) is 2. The van der Waals surface area contributed by atoms with Crippen molar-refractivity contribution in [3.8, 4) is 0 Å². The van der Waals surface area contributed by atoms with Gasteiger partial charge in [-0.05, 0) is 0 Å². The normalized spacial score (nSPS) is 9.94.